The Bertz CT molecular complexity index is 1940. The lowest BCUT2D eigenvalue weighted by atomic mass is 9.90. The molecule has 7 rings (SSSR count). The zero-order valence-corrected chi connectivity index (χ0v) is 24.0. The van der Waals surface area contributed by atoms with Gasteiger partial charge in [-0.15, -0.1) is 11.3 Å². The summed E-state index contributed by atoms with van der Waals surface area (Å²) >= 11 is 1.46. The number of carbonyl (C=O) groups is 1. The van der Waals surface area contributed by atoms with E-state index in [1.807, 2.05) is 28.1 Å². The number of benzene rings is 2. The van der Waals surface area contributed by atoms with Crippen LogP contribution in [-0.2, 0) is 6.54 Å². The van der Waals surface area contributed by atoms with Crippen molar-refractivity contribution < 1.29 is 4.79 Å². The Balaban J connectivity index is 1.27. The molecule has 0 radical (unpaired) electrons. The van der Waals surface area contributed by atoms with Crippen molar-refractivity contribution in [3.8, 4) is 5.13 Å². The van der Waals surface area contributed by atoms with Gasteiger partial charge in [0.2, 0.25) is 5.95 Å². The highest BCUT2D eigenvalue weighted by atomic mass is 32.1. The molecule has 214 valence electrons. The molecule has 0 aliphatic carbocycles. The second-order valence-corrected chi connectivity index (χ2v) is 11.3. The third-order valence-electron chi connectivity index (χ3n) is 7.75. The van der Waals surface area contributed by atoms with Crippen molar-refractivity contribution in [3.05, 3.63) is 124 Å². The van der Waals surface area contributed by atoms with E-state index in [0.717, 1.165) is 42.4 Å². The first-order valence-corrected chi connectivity index (χ1v) is 15.0. The Morgan fingerprint density at radius 3 is 2.60 bits per heavy atom. The number of anilines is 2. The van der Waals surface area contributed by atoms with Crippen LogP contribution in [0.2, 0.25) is 0 Å². The number of rotatable bonds is 8. The van der Waals surface area contributed by atoms with Gasteiger partial charge in [-0.1, -0.05) is 42.5 Å². The Labute approximate surface area is 251 Å². The van der Waals surface area contributed by atoms with Gasteiger partial charge in [-0.05, 0) is 55.6 Å². The summed E-state index contributed by atoms with van der Waals surface area (Å²) in [5.74, 6) is 0.559. The summed E-state index contributed by atoms with van der Waals surface area (Å²) in [6, 6.07) is 18.7. The van der Waals surface area contributed by atoms with Crippen molar-refractivity contribution in [2.75, 3.05) is 18.4 Å². The van der Waals surface area contributed by atoms with Crippen molar-refractivity contribution >= 4 is 39.8 Å². The molecule has 0 amide bonds. The summed E-state index contributed by atoms with van der Waals surface area (Å²) in [6.45, 7) is 2.22. The largest absolute Gasteiger partial charge is 0.324 e. The van der Waals surface area contributed by atoms with Crippen LogP contribution in [-0.4, -0.2) is 47.9 Å². The van der Waals surface area contributed by atoms with E-state index >= 15 is 0 Å². The summed E-state index contributed by atoms with van der Waals surface area (Å²) < 4.78 is 3.35. The summed E-state index contributed by atoms with van der Waals surface area (Å²) in [7, 11) is 0. The van der Waals surface area contributed by atoms with Crippen LogP contribution in [0.5, 0.6) is 0 Å². The van der Waals surface area contributed by atoms with Gasteiger partial charge in [0.25, 0.3) is 5.56 Å². The Hall–Kier alpha value is -5.00. The summed E-state index contributed by atoms with van der Waals surface area (Å²) in [5, 5.41) is 9.88. The minimum atomic E-state index is -0.441. The van der Waals surface area contributed by atoms with Gasteiger partial charge in [0.05, 0.1) is 24.0 Å². The van der Waals surface area contributed by atoms with E-state index in [9.17, 15) is 9.59 Å². The molecule has 0 atom stereocenters. The molecule has 2 aromatic carbocycles. The highest BCUT2D eigenvalue weighted by molar-refractivity contribution is 7.12. The maximum Gasteiger partial charge on any atom is 0.263 e. The monoisotopic (exact) mass is 588 g/mol. The molecule has 11 heteroatoms. The first-order chi connectivity index (χ1) is 21.1. The molecule has 1 aliphatic rings. The van der Waals surface area contributed by atoms with E-state index in [-0.39, 0.29) is 17.9 Å². The number of nitrogens with zero attached hydrogens (tertiary/aromatic N) is 6. The predicted molar refractivity (Wildman–Crippen MR) is 167 cm³/mol. The maximum absolute atomic E-state index is 14.0. The molecule has 5 heterocycles. The van der Waals surface area contributed by atoms with Gasteiger partial charge in [-0.3, -0.25) is 18.7 Å². The number of carbonyl (C=O) groups excluding carboxylic acids is 1. The predicted octanol–water partition coefficient (Wildman–Crippen LogP) is 4.92. The number of imidazole rings is 1. The zero-order valence-electron chi connectivity index (χ0n) is 23.2. The minimum absolute atomic E-state index is 0.0526. The maximum atomic E-state index is 14.0. The molecular formula is C32H28N8O2S. The van der Waals surface area contributed by atoms with Crippen LogP contribution in [0, 0.1) is 0 Å². The molecule has 10 nitrogen and oxygen atoms in total. The molecular weight excluding hydrogens is 560 g/mol. The zero-order chi connectivity index (χ0) is 29.2. The molecule has 2 N–H and O–H groups in total. The summed E-state index contributed by atoms with van der Waals surface area (Å²) in [4.78, 5) is 45.5. The van der Waals surface area contributed by atoms with E-state index < -0.39 is 5.56 Å². The number of nitrogens with one attached hydrogen (secondary N) is 2. The number of hydrogen-bond acceptors (Lipinski definition) is 9. The highest BCUT2D eigenvalue weighted by Gasteiger charge is 2.20. The number of ketones is 1. The smallest absolute Gasteiger partial charge is 0.263 e. The van der Waals surface area contributed by atoms with Crippen LogP contribution in [0.3, 0.4) is 0 Å². The lowest BCUT2D eigenvalue weighted by Gasteiger charge is -2.23. The van der Waals surface area contributed by atoms with Gasteiger partial charge in [-0.2, -0.15) is 4.98 Å². The van der Waals surface area contributed by atoms with Crippen LogP contribution in [0.1, 0.15) is 45.9 Å². The molecule has 6 aromatic rings. The Morgan fingerprint density at radius 1 is 1.02 bits per heavy atom. The van der Waals surface area contributed by atoms with Gasteiger partial charge >= 0.3 is 0 Å². The van der Waals surface area contributed by atoms with Crippen LogP contribution >= 0.6 is 11.3 Å². The molecule has 1 aliphatic heterocycles. The topological polar surface area (TPSA) is 120 Å². The first kappa shape index (κ1) is 26.9. The van der Waals surface area contributed by atoms with Gasteiger partial charge in [-0.25, -0.2) is 15.0 Å². The van der Waals surface area contributed by atoms with Crippen molar-refractivity contribution in [3.63, 3.8) is 0 Å². The lowest BCUT2D eigenvalue weighted by molar-refractivity contribution is 0.103. The van der Waals surface area contributed by atoms with E-state index in [1.54, 1.807) is 55.2 Å². The van der Waals surface area contributed by atoms with Crippen LogP contribution < -0.4 is 16.2 Å². The number of thiazole rings is 1. The average Bonchev–Trinajstić information content (AvgIpc) is 3.76. The minimum Gasteiger partial charge on any atom is -0.324 e. The normalized spacial score (nSPS) is 13.8. The SMILES string of the molecule is O=C(c1ccccc1)c1cc2cnc(Nc3ccc(C4CCNCC4)cc3)nc2n(Cc2cncn2-c2nccs2)c1=O. The lowest BCUT2D eigenvalue weighted by Crippen LogP contribution is -2.29. The Kier molecular flexibility index (Phi) is 7.32. The van der Waals surface area contributed by atoms with Gasteiger partial charge < -0.3 is 10.6 Å². The standard InChI is InChI=1S/C32H28N8O2S/c41-28(23-4-2-1-3-5-23)27-16-24-17-36-31(37-25-8-6-21(7-9-25)22-10-12-33-13-11-22)38-29(24)39(30(27)42)19-26-18-34-20-40(26)32-35-14-15-43-32/h1-9,14-18,20,22,33H,10-13,19H2,(H,36,37,38). The third kappa shape index (κ3) is 5.47. The van der Waals surface area contributed by atoms with Gasteiger partial charge in [0.15, 0.2) is 10.9 Å². The van der Waals surface area contributed by atoms with E-state index in [0.29, 0.717) is 28.5 Å². The Morgan fingerprint density at radius 2 is 1.84 bits per heavy atom. The number of piperidine rings is 1. The second kappa shape index (κ2) is 11.7. The van der Waals surface area contributed by atoms with Crippen LogP contribution in [0.25, 0.3) is 16.2 Å². The fraction of sp³-hybridized carbons (Fsp3) is 0.188. The number of hydrogen-bond donors (Lipinski definition) is 2. The third-order valence-corrected chi connectivity index (χ3v) is 8.52. The molecule has 0 saturated carbocycles. The van der Waals surface area contributed by atoms with Crippen LogP contribution in [0.4, 0.5) is 11.6 Å². The van der Waals surface area contributed by atoms with Crippen LogP contribution in [0.15, 0.2) is 95.8 Å². The quantitative estimate of drug-likeness (QED) is 0.241. The summed E-state index contributed by atoms with van der Waals surface area (Å²) in [6.07, 6.45) is 8.98. The molecule has 0 spiro atoms. The fourth-order valence-corrected chi connectivity index (χ4v) is 6.15. The number of pyridine rings is 1. The molecule has 1 fully saturated rings. The van der Waals surface area contributed by atoms with Gasteiger partial charge in [0, 0.05) is 34.4 Å². The average molecular weight is 589 g/mol. The summed E-state index contributed by atoms with van der Waals surface area (Å²) in [5.41, 5.74) is 3.36. The van der Waals surface area contributed by atoms with Crippen molar-refractivity contribution in [1.29, 1.82) is 0 Å². The van der Waals surface area contributed by atoms with Gasteiger partial charge in [0.1, 0.15) is 12.0 Å². The molecule has 4 aromatic heterocycles. The fourth-order valence-electron chi connectivity index (χ4n) is 5.51. The molecule has 0 bridgehead atoms. The van der Waals surface area contributed by atoms with E-state index in [2.05, 4.69) is 37.7 Å². The van der Waals surface area contributed by atoms with Crippen molar-refractivity contribution in [2.45, 2.75) is 25.3 Å². The molecule has 0 unspecified atom stereocenters. The molecule has 1 saturated heterocycles. The number of aromatic nitrogens is 6. The molecule has 43 heavy (non-hydrogen) atoms. The first-order valence-electron chi connectivity index (χ1n) is 14.1. The number of fused-ring (bicyclic) bond motifs is 1. The van der Waals surface area contributed by atoms with Crippen molar-refractivity contribution in [1.82, 2.24) is 34.4 Å². The second-order valence-electron chi connectivity index (χ2n) is 10.5. The van der Waals surface area contributed by atoms with E-state index in [4.69, 9.17) is 4.98 Å². The van der Waals surface area contributed by atoms with Crippen molar-refractivity contribution in [2.24, 2.45) is 0 Å². The highest BCUT2D eigenvalue weighted by Crippen LogP contribution is 2.27. The van der Waals surface area contributed by atoms with E-state index in [1.165, 1.54) is 21.5 Å².